The van der Waals surface area contributed by atoms with Crippen LogP contribution in [-0.2, 0) is 9.47 Å². The Balaban J connectivity index is 1.69. The zero-order valence-electron chi connectivity index (χ0n) is 16.8. The van der Waals surface area contributed by atoms with Gasteiger partial charge in [0.25, 0.3) is 6.29 Å². The van der Waals surface area contributed by atoms with Gasteiger partial charge in [-0.1, -0.05) is 36.4 Å². The number of benzene rings is 3. The molecule has 0 saturated carbocycles. The number of carbonyl (C=O) groups excluding carboxylic acids is 1. The summed E-state index contributed by atoms with van der Waals surface area (Å²) in [6.07, 6.45) is -1.63. The maximum absolute atomic E-state index is 12.4. The molecule has 0 saturated heterocycles. The molecule has 7 nitrogen and oxygen atoms in total. The molecule has 0 fully saturated rings. The lowest BCUT2D eigenvalue weighted by molar-refractivity contribution is -0.119. The number of hydrogen-bond acceptors (Lipinski definition) is 6. The van der Waals surface area contributed by atoms with Crippen molar-refractivity contribution >= 4 is 11.9 Å². The summed E-state index contributed by atoms with van der Waals surface area (Å²) < 4.78 is 22.8. The molecule has 1 unspecified atom stereocenters. The molecule has 0 heterocycles. The average molecular weight is 422 g/mol. The molecule has 0 amide bonds. The molecular formula is C24H22O7. The minimum absolute atomic E-state index is 0.0823. The first-order chi connectivity index (χ1) is 15.1. The van der Waals surface area contributed by atoms with Crippen LogP contribution in [-0.4, -0.2) is 43.2 Å². The fourth-order valence-corrected chi connectivity index (χ4v) is 2.69. The van der Waals surface area contributed by atoms with E-state index in [0.29, 0.717) is 11.5 Å². The number of hydrogen-bond donors (Lipinski definition) is 1. The van der Waals surface area contributed by atoms with E-state index in [2.05, 4.69) is 0 Å². The predicted octanol–water partition coefficient (Wildman–Crippen LogP) is 4.04. The highest BCUT2D eigenvalue weighted by Crippen LogP contribution is 2.19. The van der Waals surface area contributed by atoms with Crippen LogP contribution >= 0.6 is 0 Å². The van der Waals surface area contributed by atoms with Crippen LogP contribution in [0.1, 0.15) is 20.7 Å². The molecule has 160 valence electrons. The summed E-state index contributed by atoms with van der Waals surface area (Å²) in [6.45, 7) is -0.139. The van der Waals surface area contributed by atoms with E-state index in [1.54, 1.807) is 24.3 Å². The first kappa shape index (κ1) is 21.9. The Kier molecular flexibility index (Phi) is 7.61. The molecule has 3 aromatic carbocycles. The van der Waals surface area contributed by atoms with Crippen LogP contribution in [0.15, 0.2) is 84.9 Å². The lowest BCUT2D eigenvalue weighted by Crippen LogP contribution is -2.42. The zero-order chi connectivity index (χ0) is 22.1. The number of ether oxygens (including phenoxy) is 4. The largest absolute Gasteiger partial charge is 0.478 e. The van der Waals surface area contributed by atoms with Gasteiger partial charge in [0.2, 0.25) is 0 Å². The van der Waals surface area contributed by atoms with E-state index in [9.17, 15) is 9.59 Å². The number of carboxylic acid groups (broad SMARTS) is 1. The van der Waals surface area contributed by atoms with E-state index in [1.807, 2.05) is 36.4 Å². The topological polar surface area (TPSA) is 91.3 Å². The van der Waals surface area contributed by atoms with Gasteiger partial charge in [-0.05, 0) is 48.5 Å². The van der Waals surface area contributed by atoms with E-state index in [0.717, 1.165) is 0 Å². The molecule has 3 rings (SSSR count). The smallest absolute Gasteiger partial charge is 0.338 e. The van der Waals surface area contributed by atoms with Crippen molar-refractivity contribution in [2.75, 3.05) is 13.7 Å². The van der Waals surface area contributed by atoms with Crippen molar-refractivity contribution in [1.29, 1.82) is 0 Å². The standard InChI is InChI=1S/C24H22O7/c1-28-21(16-29-23(27)18-14-12-17(13-15-18)22(25)26)24(30-19-8-4-2-5-9-19)31-20-10-6-3-7-11-20/h2-15,21,24H,16H2,1H3,(H,25,26). The average Bonchev–Trinajstić information content (AvgIpc) is 2.80. The maximum Gasteiger partial charge on any atom is 0.338 e. The minimum Gasteiger partial charge on any atom is -0.478 e. The summed E-state index contributed by atoms with van der Waals surface area (Å²) in [5.74, 6) is -0.544. The third kappa shape index (κ3) is 6.32. The predicted molar refractivity (Wildman–Crippen MR) is 112 cm³/mol. The van der Waals surface area contributed by atoms with E-state index in [1.165, 1.54) is 31.4 Å². The number of methoxy groups -OCH3 is 1. The molecule has 1 N–H and O–H groups in total. The molecule has 0 aliphatic heterocycles. The highest BCUT2D eigenvalue weighted by Gasteiger charge is 2.27. The van der Waals surface area contributed by atoms with E-state index < -0.39 is 24.3 Å². The van der Waals surface area contributed by atoms with Crippen LogP contribution < -0.4 is 9.47 Å². The van der Waals surface area contributed by atoms with Gasteiger partial charge in [0.15, 0.2) is 6.10 Å². The SMILES string of the molecule is COC(COC(=O)c1ccc(C(=O)O)cc1)C(Oc1ccccc1)Oc1ccccc1. The molecular weight excluding hydrogens is 400 g/mol. The van der Waals surface area contributed by atoms with E-state index in [-0.39, 0.29) is 17.7 Å². The summed E-state index contributed by atoms with van der Waals surface area (Å²) in [7, 11) is 1.47. The second-order valence-electron chi connectivity index (χ2n) is 6.49. The van der Waals surface area contributed by atoms with Crippen molar-refractivity contribution in [2.24, 2.45) is 0 Å². The Hall–Kier alpha value is -3.84. The summed E-state index contributed by atoms with van der Waals surface area (Å²) in [5, 5.41) is 8.97. The summed E-state index contributed by atoms with van der Waals surface area (Å²) >= 11 is 0. The maximum atomic E-state index is 12.4. The van der Waals surface area contributed by atoms with Crippen molar-refractivity contribution in [1.82, 2.24) is 0 Å². The highest BCUT2D eigenvalue weighted by atomic mass is 16.7. The molecule has 0 aliphatic carbocycles. The van der Waals surface area contributed by atoms with Crippen LogP contribution in [0.4, 0.5) is 0 Å². The monoisotopic (exact) mass is 422 g/mol. The highest BCUT2D eigenvalue weighted by molar-refractivity contribution is 5.92. The first-order valence-electron chi connectivity index (χ1n) is 9.53. The van der Waals surface area contributed by atoms with Gasteiger partial charge < -0.3 is 24.1 Å². The number of esters is 1. The Bertz CT molecular complexity index is 930. The third-order valence-corrected chi connectivity index (χ3v) is 4.34. The number of carboxylic acids is 1. The lowest BCUT2D eigenvalue weighted by atomic mass is 10.1. The van der Waals surface area contributed by atoms with Gasteiger partial charge in [-0.15, -0.1) is 0 Å². The molecule has 0 aliphatic rings. The van der Waals surface area contributed by atoms with Gasteiger partial charge in [-0.3, -0.25) is 0 Å². The quantitative estimate of drug-likeness (QED) is 0.389. The summed E-state index contributed by atoms with van der Waals surface area (Å²) in [4.78, 5) is 23.3. The molecule has 0 bridgehead atoms. The molecule has 1 atom stereocenters. The van der Waals surface area contributed by atoms with Crippen LogP contribution in [0.3, 0.4) is 0 Å². The van der Waals surface area contributed by atoms with Crippen LogP contribution in [0.5, 0.6) is 11.5 Å². The van der Waals surface area contributed by atoms with Crippen molar-refractivity contribution in [3.8, 4) is 11.5 Å². The van der Waals surface area contributed by atoms with Crippen molar-refractivity contribution in [3.63, 3.8) is 0 Å². The van der Waals surface area contributed by atoms with Gasteiger partial charge in [0, 0.05) is 7.11 Å². The summed E-state index contributed by atoms with van der Waals surface area (Å²) in [5.41, 5.74) is 0.309. The van der Waals surface area contributed by atoms with Gasteiger partial charge >= 0.3 is 11.9 Å². The zero-order valence-corrected chi connectivity index (χ0v) is 16.8. The van der Waals surface area contributed by atoms with Gasteiger partial charge in [-0.25, -0.2) is 9.59 Å². The molecule has 3 aromatic rings. The molecule has 0 aromatic heterocycles. The fraction of sp³-hybridized carbons (Fsp3) is 0.167. The van der Waals surface area contributed by atoms with Crippen molar-refractivity contribution in [3.05, 3.63) is 96.1 Å². The van der Waals surface area contributed by atoms with Crippen LogP contribution in [0, 0.1) is 0 Å². The number of para-hydroxylation sites is 2. The van der Waals surface area contributed by atoms with Gasteiger partial charge in [-0.2, -0.15) is 0 Å². The number of aromatic carboxylic acids is 1. The Labute approximate surface area is 179 Å². The number of carbonyl (C=O) groups is 2. The first-order valence-corrected chi connectivity index (χ1v) is 9.53. The molecule has 0 radical (unpaired) electrons. The number of rotatable bonds is 10. The molecule has 31 heavy (non-hydrogen) atoms. The Morgan fingerprint density at radius 2 is 1.26 bits per heavy atom. The van der Waals surface area contributed by atoms with E-state index in [4.69, 9.17) is 24.1 Å². The van der Waals surface area contributed by atoms with Crippen LogP contribution in [0.25, 0.3) is 0 Å². The fourth-order valence-electron chi connectivity index (χ4n) is 2.69. The van der Waals surface area contributed by atoms with E-state index >= 15 is 0 Å². The lowest BCUT2D eigenvalue weighted by Gasteiger charge is -2.27. The van der Waals surface area contributed by atoms with Gasteiger partial charge in [0.05, 0.1) is 11.1 Å². The normalized spacial score (nSPS) is 11.5. The van der Waals surface area contributed by atoms with Gasteiger partial charge in [0.1, 0.15) is 18.1 Å². The van der Waals surface area contributed by atoms with Crippen LogP contribution in [0.2, 0.25) is 0 Å². The van der Waals surface area contributed by atoms with Crippen molar-refractivity contribution < 1.29 is 33.6 Å². The minimum atomic E-state index is -1.07. The second kappa shape index (κ2) is 10.8. The third-order valence-electron chi connectivity index (χ3n) is 4.34. The second-order valence-corrected chi connectivity index (χ2v) is 6.49. The Morgan fingerprint density at radius 3 is 1.71 bits per heavy atom. The molecule has 0 spiro atoms. The van der Waals surface area contributed by atoms with Crippen molar-refractivity contribution in [2.45, 2.75) is 12.4 Å². The summed E-state index contributed by atoms with van der Waals surface area (Å²) in [6, 6.07) is 23.7. The molecule has 7 heteroatoms. The Morgan fingerprint density at radius 1 is 0.774 bits per heavy atom.